The van der Waals surface area contributed by atoms with E-state index in [1.165, 1.54) is 5.56 Å². The minimum atomic E-state index is 0.0638. The van der Waals surface area contributed by atoms with Gasteiger partial charge in [-0.25, -0.2) is 4.98 Å². The summed E-state index contributed by atoms with van der Waals surface area (Å²) in [6, 6.07) is 6.44. The highest BCUT2D eigenvalue weighted by atomic mass is 16.2. The molecule has 2 aromatic heterocycles. The van der Waals surface area contributed by atoms with Crippen LogP contribution in [0.5, 0.6) is 0 Å². The van der Waals surface area contributed by atoms with Crippen LogP contribution in [-0.4, -0.2) is 43.6 Å². The number of rotatable bonds is 3. The number of carbonyl (C=O) groups is 1. The van der Waals surface area contributed by atoms with E-state index in [2.05, 4.69) is 43.0 Å². The van der Waals surface area contributed by atoms with Crippen molar-refractivity contribution in [3.63, 3.8) is 0 Å². The fourth-order valence-electron chi connectivity index (χ4n) is 3.69. The van der Waals surface area contributed by atoms with Crippen LogP contribution < -0.4 is 0 Å². The Bertz CT molecular complexity index is 939. The Balaban J connectivity index is 1.54. The van der Waals surface area contributed by atoms with Crippen molar-refractivity contribution >= 4 is 16.9 Å². The molecule has 1 amide bonds. The van der Waals surface area contributed by atoms with Gasteiger partial charge in [0.25, 0.3) is 5.91 Å². The molecule has 0 saturated carbocycles. The molecule has 1 aliphatic heterocycles. The minimum absolute atomic E-state index is 0.0638. The van der Waals surface area contributed by atoms with E-state index >= 15 is 0 Å². The molecule has 0 spiro atoms. The average Bonchev–Trinajstić information content (AvgIpc) is 3.29. The van der Waals surface area contributed by atoms with Crippen molar-refractivity contribution in [3.05, 3.63) is 47.5 Å². The number of benzene rings is 1. The molecule has 3 aromatic rings. The molecular weight excluding hydrogens is 326 g/mol. The summed E-state index contributed by atoms with van der Waals surface area (Å²) in [5.74, 6) is 1.30. The van der Waals surface area contributed by atoms with E-state index in [0.717, 1.165) is 36.2 Å². The molecule has 0 unspecified atom stereocenters. The van der Waals surface area contributed by atoms with Gasteiger partial charge in [-0.1, -0.05) is 12.1 Å². The molecule has 1 fully saturated rings. The molecule has 136 valence electrons. The van der Waals surface area contributed by atoms with Gasteiger partial charge in [0, 0.05) is 31.2 Å². The Kier molecular flexibility index (Phi) is 4.26. The Morgan fingerprint density at radius 3 is 2.92 bits per heavy atom. The lowest BCUT2D eigenvalue weighted by Crippen LogP contribution is -2.39. The highest BCUT2D eigenvalue weighted by molar-refractivity contribution is 5.93. The maximum atomic E-state index is 12.9. The van der Waals surface area contributed by atoms with E-state index in [1.54, 1.807) is 6.20 Å². The van der Waals surface area contributed by atoms with E-state index in [-0.39, 0.29) is 17.9 Å². The monoisotopic (exact) mass is 351 g/mol. The van der Waals surface area contributed by atoms with Crippen LogP contribution >= 0.6 is 0 Å². The van der Waals surface area contributed by atoms with Crippen LogP contribution in [0.25, 0.3) is 11.0 Å². The molecule has 1 aliphatic rings. The normalized spacial score (nSPS) is 18.0. The lowest BCUT2D eigenvalue weighted by molar-refractivity contribution is 0.0705. The Labute approximate surface area is 153 Å². The van der Waals surface area contributed by atoms with E-state index in [4.69, 9.17) is 4.98 Å². The third-order valence-corrected chi connectivity index (χ3v) is 5.21. The zero-order chi connectivity index (χ0) is 18.3. The number of aryl methyl sites for hydroxylation is 1. The lowest BCUT2D eigenvalue weighted by Gasteiger charge is -2.31. The zero-order valence-corrected chi connectivity index (χ0v) is 15.6. The fraction of sp³-hybridized carbons (Fsp3) is 0.450. The van der Waals surface area contributed by atoms with Crippen molar-refractivity contribution in [2.75, 3.05) is 13.1 Å². The highest BCUT2D eigenvalue weighted by Gasteiger charge is 2.28. The standard InChI is InChI=1S/C20H25N5O/c1-13(2)25-12-16(10-21-25)20(26)24-9-5-7-15(11-24)19-22-17-8-4-6-14(3)18(17)23-19/h4,6,8,10,12-13,15H,5,7,9,11H2,1-3H3,(H,22,23)/t15-/m1/s1. The molecule has 1 saturated heterocycles. The number of nitrogens with one attached hydrogen (secondary N) is 1. The van der Waals surface area contributed by atoms with Crippen LogP contribution in [0.3, 0.4) is 0 Å². The molecule has 3 heterocycles. The summed E-state index contributed by atoms with van der Waals surface area (Å²) in [6.45, 7) is 7.69. The van der Waals surface area contributed by atoms with Crippen LogP contribution in [0, 0.1) is 6.92 Å². The molecule has 4 rings (SSSR count). The Morgan fingerprint density at radius 2 is 2.19 bits per heavy atom. The summed E-state index contributed by atoms with van der Waals surface area (Å²) < 4.78 is 1.83. The summed E-state index contributed by atoms with van der Waals surface area (Å²) in [5.41, 5.74) is 3.94. The number of likely N-dealkylation sites (tertiary alicyclic amines) is 1. The van der Waals surface area contributed by atoms with E-state index in [9.17, 15) is 4.79 Å². The van der Waals surface area contributed by atoms with Crippen molar-refractivity contribution < 1.29 is 4.79 Å². The number of carbonyl (C=O) groups excluding carboxylic acids is 1. The van der Waals surface area contributed by atoms with Gasteiger partial charge >= 0.3 is 0 Å². The summed E-state index contributed by atoms with van der Waals surface area (Å²) in [7, 11) is 0. The maximum absolute atomic E-state index is 12.9. The van der Waals surface area contributed by atoms with E-state index in [1.807, 2.05) is 21.8 Å². The van der Waals surface area contributed by atoms with Crippen LogP contribution in [0.2, 0.25) is 0 Å². The van der Waals surface area contributed by atoms with Gasteiger partial charge in [-0.05, 0) is 45.2 Å². The number of amides is 1. The van der Waals surface area contributed by atoms with Gasteiger partial charge in [0.15, 0.2) is 0 Å². The minimum Gasteiger partial charge on any atom is -0.342 e. The van der Waals surface area contributed by atoms with Gasteiger partial charge in [-0.2, -0.15) is 5.10 Å². The van der Waals surface area contributed by atoms with Gasteiger partial charge in [-0.15, -0.1) is 0 Å². The number of H-pyrrole nitrogens is 1. The summed E-state index contributed by atoms with van der Waals surface area (Å²) in [6.07, 6.45) is 5.57. The number of para-hydroxylation sites is 1. The van der Waals surface area contributed by atoms with Gasteiger partial charge in [0.1, 0.15) is 5.82 Å². The molecule has 1 aromatic carbocycles. The van der Waals surface area contributed by atoms with Crippen LogP contribution in [0.4, 0.5) is 0 Å². The molecule has 0 radical (unpaired) electrons. The summed E-state index contributed by atoms with van der Waals surface area (Å²) in [4.78, 5) is 23.1. The topological polar surface area (TPSA) is 66.8 Å². The SMILES string of the molecule is Cc1cccc2[nH]c([C@@H]3CCCN(C(=O)c4cnn(C(C)C)c4)C3)nc12. The predicted octanol–water partition coefficient (Wildman–Crippen LogP) is 3.67. The first-order valence-corrected chi connectivity index (χ1v) is 9.31. The van der Waals surface area contributed by atoms with Crippen LogP contribution in [0.15, 0.2) is 30.6 Å². The fourth-order valence-corrected chi connectivity index (χ4v) is 3.69. The predicted molar refractivity (Wildman–Crippen MR) is 101 cm³/mol. The highest BCUT2D eigenvalue weighted by Crippen LogP contribution is 2.28. The third kappa shape index (κ3) is 3.00. The van der Waals surface area contributed by atoms with Crippen molar-refractivity contribution in [2.24, 2.45) is 0 Å². The Morgan fingerprint density at radius 1 is 1.35 bits per heavy atom. The van der Waals surface area contributed by atoms with Crippen molar-refractivity contribution in [1.29, 1.82) is 0 Å². The molecule has 0 bridgehead atoms. The van der Waals surface area contributed by atoms with Crippen molar-refractivity contribution in [1.82, 2.24) is 24.6 Å². The number of aromatic amines is 1. The number of hydrogen-bond donors (Lipinski definition) is 1. The molecular formula is C20H25N5O. The molecule has 0 aliphatic carbocycles. The molecule has 6 nitrogen and oxygen atoms in total. The van der Waals surface area contributed by atoms with Gasteiger partial charge in [-0.3, -0.25) is 9.48 Å². The summed E-state index contributed by atoms with van der Waals surface area (Å²) in [5, 5.41) is 4.30. The number of aromatic nitrogens is 4. The van der Waals surface area contributed by atoms with Crippen LogP contribution in [-0.2, 0) is 0 Å². The van der Waals surface area contributed by atoms with Gasteiger partial charge in [0.05, 0.1) is 22.8 Å². The van der Waals surface area contributed by atoms with Gasteiger partial charge < -0.3 is 9.88 Å². The second-order valence-electron chi connectivity index (χ2n) is 7.49. The van der Waals surface area contributed by atoms with Gasteiger partial charge in [0.2, 0.25) is 0 Å². The molecule has 26 heavy (non-hydrogen) atoms. The first-order valence-electron chi connectivity index (χ1n) is 9.31. The molecule has 1 atom stereocenters. The number of piperidine rings is 1. The summed E-state index contributed by atoms with van der Waals surface area (Å²) >= 11 is 0. The van der Waals surface area contributed by atoms with E-state index in [0.29, 0.717) is 12.1 Å². The quantitative estimate of drug-likeness (QED) is 0.783. The van der Waals surface area contributed by atoms with Crippen molar-refractivity contribution in [3.8, 4) is 0 Å². The van der Waals surface area contributed by atoms with Crippen LogP contribution in [0.1, 0.15) is 60.4 Å². The largest absolute Gasteiger partial charge is 0.342 e. The molecule has 6 heteroatoms. The second-order valence-corrected chi connectivity index (χ2v) is 7.49. The smallest absolute Gasteiger partial charge is 0.257 e. The average molecular weight is 351 g/mol. The Hall–Kier alpha value is -2.63. The first kappa shape index (κ1) is 16.8. The van der Waals surface area contributed by atoms with Crippen molar-refractivity contribution in [2.45, 2.75) is 45.6 Å². The third-order valence-electron chi connectivity index (χ3n) is 5.21. The lowest BCUT2D eigenvalue weighted by atomic mass is 9.97. The zero-order valence-electron chi connectivity index (χ0n) is 15.6. The number of nitrogens with zero attached hydrogens (tertiary/aromatic N) is 4. The molecule has 1 N–H and O–H groups in total. The number of hydrogen-bond acceptors (Lipinski definition) is 3. The second kappa shape index (κ2) is 6.59. The number of fused-ring (bicyclic) bond motifs is 1. The number of imidazole rings is 1. The van der Waals surface area contributed by atoms with E-state index < -0.39 is 0 Å². The maximum Gasteiger partial charge on any atom is 0.257 e. The first-order chi connectivity index (χ1) is 12.5.